The lowest BCUT2D eigenvalue weighted by molar-refractivity contribution is -0.139. The molecule has 4 rings (SSSR count). The number of rotatable bonds is 5. The van der Waals surface area contributed by atoms with Crippen molar-refractivity contribution in [2.75, 3.05) is 7.11 Å². The number of hydrogen-bond acceptors (Lipinski definition) is 5. The van der Waals surface area contributed by atoms with Crippen LogP contribution < -0.4 is 10.3 Å². The molecule has 0 aliphatic rings. The molecule has 30 heavy (non-hydrogen) atoms. The summed E-state index contributed by atoms with van der Waals surface area (Å²) < 4.78 is 50.3. The summed E-state index contributed by atoms with van der Waals surface area (Å²) in [6.45, 7) is 0.159. The number of fused-ring (bicyclic) bond motifs is 1. The first-order valence-electron chi connectivity index (χ1n) is 9.05. The maximum Gasteiger partial charge on any atom is 0.435 e. The first-order valence-corrected chi connectivity index (χ1v) is 9.82. The van der Waals surface area contributed by atoms with Crippen LogP contribution in [0, 0.1) is 0 Å². The number of ether oxygens (including phenoxy) is 1. The third-order valence-electron chi connectivity index (χ3n) is 4.68. The molecule has 154 valence electrons. The van der Waals surface area contributed by atoms with Gasteiger partial charge < -0.3 is 4.74 Å². The fourth-order valence-corrected chi connectivity index (χ4v) is 4.03. The van der Waals surface area contributed by atoms with E-state index >= 15 is 0 Å². The molecule has 4 aromatic rings. The molecule has 0 saturated carbocycles. The largest absolute Gasteiger partial charge is 0.496 e. The molecule has 2 aromatic heterocycles. The van der Waals surface area contributed by atoms with Crippen LogP contribution in [0.4, 0.5) is 13.2 Å². The SMILES string of the molecule is COc1ccccc1-c1nc2snc(C(F)(F)F)c2c(=O)n1CCc1ccccc1. The summed E-state index contributed by atoms with van der Waals surface area (Å²) in [5, 5.41) is -0.501. The van der Waals surface area contributed by atoms with Crippen molar-refractivity contribution >= 4 is 21.7 Å². The molecule has 0 aliphatic carbocycles. The Labute approximate surface area is 173 Å². The second kappa shape index (κ2) is 7.91. The van der Waals surface area contributed by atoms with E-state index in [-0.39, 0.29) is 17.2 Å². The fourth-order valence-electron chi connectivity index (χ4n) is 3.26. The second-order valence-corrected chi connectivity index (χ2v) is 7.29. The van der Waals surface area contributed by atoms with E-state index in [2.05, 4.69) is 9.36 Å². The topological polar surface area (TPSA) is 57.0 Å². The van der Waals surface area contributed by atoms with Gasteiger partial charge in [-0.1, -0.05) is 42.5 Å². The zero-order chi connectivity index (χ0) is 21.3. The van der Waals surface area contributed by atoms with Gasteiger partial charge in [0.25, 0.3) is 5.56 Å². The third-order valence-corrected chi connectivity index (χ3v) is 5.42. The number of hydrogen-bond donors (Lipinski definition) is 0. The fraction of sp³-hybridized carbons (Fsp3) is 0.190. The van der Waals surface area contributed by atoms with E-state index in [0.29, 0.717) is 29.3 Å². The molecule has 0 amide bonds. The van der Waals surface area contributed by atoms with Crippen molar-refractivity contribution in [3.63, 3.8) is 0 Å². The standard InChI is InChI=1S/C21H16F3N3O2S/c1-29-15-10-6-5-9-14(15)18-25-19-16(17(26-30-19)21(22,23)24)20(28)27(18)12-11-13-7-3-2-4-8-13/h2-10H,11-12H2,1H3. The molecule has 5 nitrogen and oxygen atoms in total. The molecular weight excluding hydrogens is 415 g/mol. The van der Waals surface area contributed by atoms with Gasteiger partial charge in [0.05, 0.1) is 12.7 Å². The van der Waals surface area contributed by atoms with Crippen LogP contribution in [0.1, 0.15) is 11.3 Å². The highest BCUT2D eigenvalue weighted by atomic mass is 32.1. The first kappa shape index (κ1) is 20.1. The Bertz CT molecular complexity index is 1250. The lowest BCUT2D eigenvalue weighted by atomic mass is 10.1. The van der Waals surface area contributed by atoms with Gasteiger partial charge in [0.1, 0.15) is 17.0 Å². The highest BCUT2D eigenvalue weighted by Gasteiger charge is 2.38. The minimum atomic E-state index is -4.73. The summed E-state index contributed by atoms with van der Waals surface area (Å²) in [6.07, 6.45) is -4.28. The average molecular weight is 431 g/mol. The number of para-hydroxylation sites is 1. The zero-order valence-electron chi connectivity index (χ0n) is 15.8. The molecule has 0 spiro atoms. The molecule has 0 radical (unpaired) electrons. The molecule has 0 N–H and O–H groups in total. The van der Waals surface area contributed by atoms with E-state index < -0.39 is 22.8 Å². The summed E-state index contributed by atoms with van der Waals surface area (Å²) >= 11 is 0.565. The van der Waals surface area contributed by atoms with Gasteiger partial charge in [-0.15, -0.1) is 0 Å². The van der Waals surface area contributed by atoms with Crippen LogP contribution in [0.2, 0.25) is 0 Å². The minimum Gasteiger partial charge on any atom is -0.496 e. The monoisotopic (exact) mass is 431 g/mol. The summed E-state index contributed by atoms with van der Waals surface area (Å²) in [7, 11) is 1.48. The lowest BCUT2D eigenvalue weighted by Crippen LogP contribution is -2.26. The van der Waals surface area contributed by atoms with Crippen molar-refractivity contribution in [1.29, 1.82) is 0 Å². The maximum atomic E-state index is 13.4. The second-order valence-electron chi connectivity index (χ2n) is 6.54. The van der Waals surface area contributed by atoms with Crippen molar-refractivity contribution in [3.05, 3.63) is 76.2 Å². The number of nitrogens with zero attached hydrogens (tertiary/aromatic N) is 3. The van der Waals surface area contributed by atoms with Gasteiger partial charge in [0, 0.05) is 6.54 Å². The maximum absolute atomic E-state index is 13.4. The van der Waals surface area contributed by atoms with E-state index in [9.17, 15) is 18.0 Å². The molecule has 2 heterocycles. The Morgan fingerprint density at radius 2 is 1.77 bits per heavy atom. The molecule has 0 bridgehead atoms. The molecule has 0 aliphatic heterocycles. The number of benzene rings is 2. The number of methoxy groups -OCH3 is 1. The Hall–Kier alpha value is -3.20. The van der Waals surface area contributed by atoms with E-state index in [0.717, 1.165) is 5.56 Å². The first-order chi connectivity index (χ1) is 14.4. The Morgan fingerprint density at radius 3 is 2.47 bits per heavy atom. The molecule has 0 atom stereocenters. The average Bonchev–Trinajstić information content (AvgIpc) is 3.18. The quantitative estimate of drug-likeness (QED) is 0.456. The van der Waals surface area contributed by atoms with Gasteiger partial charge in [-0.2, -0.15) is 17.5 Å². The van der Waals surface area contributed by atoms with Crippen molar-refractivity contribution in [2.45, 2.75) is 19.1 Å². The zero-order valence-corrected chi connectivity index (χ0v) is 16.6. The Morgan fingerprint density at radius 1 is 1.07 bits per heavy atom. The van der Waals surface area contributed by atoms with Gasteiger partial charge >= 0.3 is 6.18 Å². The van der Waals surface area contributed by atoms with E-state index in [4.69, 9.17) is 4.74 Å². The van der Waals surface area contributed by atoms with Gasteiger partial charge in [0.2, 0.25) is 0 Å². The van der Waals surface area contributed by atoms with Crippen molar-refractivity contribution in [1.82, 2.24) is 13.9 Å². The molecule has 0 fully saturated rings. The minimum absolute atomic E-state index is 0.0517. The number of aromatic nitrogens is 3. The summed E-state index contributed by atoms with van der Waals surface area (Å²) in [6, 6.07) is 16.3. The molecule has 0 saturated heterocycles. The van der Waals surface area contributed by atoms with Gasteiger partial charge in [-0.25, -0.2) is 4.98 Å². The highest BCUT2D eigenvalue weighted by Crippen LogP contribution is 2.35. The molecule has 2 aromatic carbocycles. The van der Waals surface area contributed by atoms with Crippen LogP contribution >= 0.6 is 11.5 Å². The lowest BCUT2D eigenvalue weighted by Gasteiger charge is -2.15. The molecule has 0 unspecified atom stereocenters. The summed E-state index contributed by atoms with van der Waals surface area (Å²) in [4.78, 5) is 17.6. The number of halogens is 3. The van der Waals surface area contributed by atoms with Crippen LogP contribution in [-0.4, -0.2) is 21.0 Å². The molecule has 9 heteroatoms. The third kappa shape index (κ3) is 3.68. The summed E-state index contributed by atoms with van der Waals surface area (Å²) in [5.74, 6) is 0.719. The Balaban J connectivity index is 1.94. The molecular formula is C21H16F3N3O2S. The smallest absolute Gasteiger partial charge is 0.435 e. The predicted molar refractivity (Wildman–Crippen MR) is 109 cm³/mol. The van der Waals surface area contributed by atoms with Crippen molar-refractivity contribution in [3.8, 4) is 17.1 Å². The van der Waals surface area contributed by atoms with Gasteiger partial charge in [-0.3, -0.25) is 9.36 Å². The van der Waals surface area contributed by atoms with Crippen molar-refractivity contribution < 1.29 is 17.9 Å². The normalized spacial score (nSPS) is 11.7. The Kier molecular flexibility index (Phi) is 5.29. The van der Waals surface area contributed by atoms with Gasteiger partial charge in [0.15, 0.2) is 10.5 Å². The van der Waals surface area contributed by atoms with Crippen LogP contribution in [0.5, 0.6) is 5.75 Å². The van der Waals surface area contributed by atoms with E-state index in [1.807, 2.05) is 30.3 Å². The van der Waals surface area contributed by atoms with E-state index in [1.54, 1.807) is 24.3 Å². The number of aryl methyl sites for hydroxylation is 1. The van der Waals surface area contributed by atoms with Crippen LogP contribution in [-0.2, 0) is 19.1 Å². The van der Waals surface area contributed by atoms with E-state index in [1.165, 1.54) is 11.7 Å². The number of alkyl halides is 3. The highest BCUT2D eigenvalue weighted by molar-refractivity contribution is 7.12. The summed E-state index contributed by atoms with van der Waals surface area (Å²) in [5.41, 5.74) is -0.484. The predicted octanol–water partition coefficient (Wildman–Crippen LogP) is 4.79. The van der Waals surface area contributed by atoms with Gasteiger partial charge in [-0.05, 0) is 35.6 Å². The van der Waals surface area contributed by atoms with Crippen LogP contribution in [0.3, 0.4) is 0 Å². The van der Waals surface area contributed by atoms with Crippen LogP contribution in [0.15, 0.2) is 59.4 Å². The van der Waals surface area contributed by atoms with Crippen LogP contribution in [0.25, 0.3) is 21.6 Å². The van der Waals surface area contributed by atoms with Crippen molar-refractivity contribution in [2.24, 2.45) is 0 Å².